The van der Waals surface area contributed by atoms with Gasteiger partial charge in [0.2, 0.25) is 26.9 Å². The molecule has 11 aliphatic heterocycles. The molecule has 0 amide bonds. The van der Waals surface area contributed by atoms with E-state index in [1.165, 1.54) is 156 Å². The molecule has 135 heavy (non-hydrogen) atoms. The Morgan fingerprint density at radius 2 is 0.274 bits per heavy atom. The zero-order valence-corrected chi connectivity index (χ0v) is 85.0. The first kappa shape index (κ1) is 128. The summed E-state index contributed by atoms with van der Waals surface area (Å²) in [5.74, 6) is 9.19. The first-order valence-electron chi connectivity index (χ1n) is 44.6. The van der Waals surface area contributed by atoms with Crippen LogP contribution < -0.4 is 65.6 Å². The molecule has 0 fully saturated rings. The maximum absolute atomic E-state index is 13.5. The molecule has 18 radical (unpaired) electrons. The first-order valence-corrected chi connectivity index (χ1v) is 44.6. The van der Waals surface area contributed by atoms with Crippen molar-refractivity contribution in [2.45, 2.75) is 292 Å². The van der Waals surface area contributed by atoms with Gasteiger partial charge in [0, 0.05) is 59.9 Å². The molecule has 0 unspecified atom stereocenters. The minimum atomic E-state index is -0.104. The van der Waals surface area contributed by atoms with Gasteiger partial charge in [-0.15, -0.1) is 101 Å². The second-order valence-corrected chi connectivity index (χ2v) is 36.0. The van der Waals surface area contributed by atoms with Crippen LogP contribution in [0.4, 0.5) is 0 Å². The Morgan fingerprint density at radius 3 is 0.400 bits per heavy atom. The van der Waals surface area contributed by atoms with Gasteiger partial charge in [0.25, 0.3) is 0 Å². The molecule has 0 bridgehead atoms. The maximum atomic E-state index is 13.5. The van der Waals surface area contributed by atoms with Gasteiger partial charge in [0.1, 0.15) is 0 Å². The fourth-order valence-corrected chi connectivity index (χ4v) is 22.9. The summed E-state index contributed by atoms with van der Waals surface area (Å²) >= 11 is 0. The summed E-state index contributed by atoms with van der Waals surface area (Å²) in [6.07, 6.45) is 50.4. The largest absolute Gasteiger partial charge is 0.289 e. The Labute approximate surface area is 841 Å². The summed E-state index contributed by atoms with van der Waals surface area (Å²) < 4.78 is 0. The minimum Gasteiger partial charge on any atom is -0.289 e. The second kappa shape index (κ2) is 53.1. The van der Waals surface area contributed by atoms with Crippen molar-refractivity contribution in [3.8, 4) is 101 Å². The molecule has 10 aromatic rings. The van der Waals surface area contributed by atoms with Crippen molar-refractivity contribution in [1.29, 1.82) is 0 Å². The van der Waals surface area contributed by atoms with Gasteiger partial charge < -0.3 is 0 Å². The SMILES string of the molecule is C.C.C.C.C#C.C#C.C#C.C#C.C#CC.C#CC.C#CC.C#CC.CC1(C)c2cccc3c2B2c4c(cccc4C(C)(C)c4cccc1c42)C3=O.CC1(C)c2cccc3c2B2c4c1ccc1c4B4c5c(cccc5C(C)(C)c5ccc(c2c54)C3(C)C)C1(C)C.CC1(C)c2cccc3c2B2c4c1cccc4C(C)(C)c1cccc(c12)C3(C)C.[B]C.[B]C.[B]C.[B]C.[B]C.[B]C.[B]C.[B]C.[B]C. The fraction of sp³-hybridized carbons (Fsp3) is 0.364. The third kappa shape index (κ3) is 20.2. The first-order chi connectivity index (χ1) is 62.6. The highest BCUT2D eigenvalue weighted by atomic mass is 16.1. The molecule has 14 heteroatoms. The molecule has 11 heterocycles. The summed E-state index contributed by atoms with van der Waals surface area (Å²) in [5.41, 5.74) is 47.0. The molecule has 0 atom stereocenters. The van der Waals surface area contributed by atoms with Crippen LogP contribution in [0.3, 0.4) is 0 Å². The van der Waals surface area contributed by atoms with Gasteiger partial charge in [0.15, 0.2) is 5.78 Å². The molecule has 0 aromatic heterocycles. The van der Waals surface area contributed by atoms with Gasteiger partial charge in [-0.05, 0) is 128 Å². The van der Waals surface area contributed by atoms with E-state index in [0.717, 1.165) is 11.1 Å². The molecule has 0 spiro atoms. The van der Waals surface area contributed by atoms with Crippen LogP contribution in [0.5, 0.6) is 0 Å². The van der Waals surface area contributed by atoms with E-state index in [0.29, 0.717) is 20.1 Å². The second-order valence-electron chi connectivity index (χ2n) is 36.0. The quantitative estimate of drug-likeness (QED) is 0.109. The van der Waals surface area contributed by atoms with Crippen LogP contribution in [-0.2, 0) is 48.7 Å². The molecule has 21 rings (SSSR count). The standard InChI is InChI=1S/C36H34B2.C27H27B.C25H21BO.4C3H4.4C2H2.9CH3B.4CH4/c1-33(2)19-11-9-12-20-27(19)37-29-23(33)15-16-24-30(29)38-28-21(35(24,5)6)13-10-14-22(28)36(7,8)26-18-17-25(34(20,3)4)31(37)32(26)38;1-25(2)16-10-7-12-18-22(16)28-23-17(25)11-8-13-19(23)27(5,6)21-15-9-14-20(24(21)28)26(18,3)4;1-24(2)16-10-5-8-14-20(16)26-21-15(23(14)27)9-6-11-17(21)25(3,4)19-13-7-12-18(24)22(19)26;4*1-3-2;13*1-2;;;;/h9-18H,1-8H3;7-15H,1-6H3;5-13H,1-4H3;4*1H,2H3;4*1-2H;9*1H3;4*1H4. The Hall–Kier alpha value is -10.8. The van der Waals surface area contributed by atoms with Crippen LogP contribution >= 0.6 is 0 Å². The fourth-order valence-electron chi connectivity index (χ4n) is 22.9. The zero-order chi connectivity index (χ0) is 101. The number of rotatable bonds is 0. The van der Waals surface area contributed by atoms with Crippen molar-refractivity contribution in [2.24, 2.45) is 0 Å². The maximum Gasteiger partial charge on any atom is 0.244 e. The van der Waals surface area contributed by atoms with Crippen molar-refractivity contribution in [1.82, 2.24) is 0 Å². The van der Waals surface area contributed by atoms with Gasteiger partial charge in [-0.1, -0.05) is 451 Å². The molecular weight excluding hydrogens is 1610 g/mol. The van der Waals surface area contributed by atoms with E-state index in [4.69, 9.17) is 0 Å². The van der Waals surface area contributed by atoms with Crippen molar-refractivity contribution < 1.29 is 4.79 Å². The highest BCUT2D eigenvalue weighted by molar-refractivity contribution is 7.13. The minimum absolute atomic E-state index is 0. The molecule has 0 saturated heterocycles. The topological polar surface area (TPSA) is 17.1 Å². The van der Waals surface area contributed by atoms with Crippen molar-refractivity contribution in [3.63, 3.8) is 0 Å². The van der Waals surface area contributed by atoms with Gasteiger partial charge in [-0.25, -0.2) is 0 Å². The van der Waals surface area contributed by atoms with Crippen LogP contribution in [-0.4, -0.2) is 103 Å². The van der Waals surface area contributed by atoms with Gasteiger partial charge >= 0.3 is 0 Å². The van der Waals surface area contributed by atoms with E-state index < -0.39 is 0 Å². The number of benzene rings is 10. The average molecular weight is 1760 g/mol. The third-order valence-electron chi connectivity index (χ3n) is 27.5. The molecule has 0 N–H and O–H groups in total. The lowest BCUT2D eigenvalue weighted by Gasteiger charge is -2.56. The third-order valence-corrected chi connectivity index (χ3v) is 27.5. The lowest BCUT2D eigenvalue weighted by molar-refractivity contribution is 0.103. The summed E-state index contributed by atoms with van der Waals surface area (Å²) in [6, 6.07) is 65.1. The van der Waals surface area contributed by atoms with E-state index in [1.54, 1.807) is 99.1 Å². The molecule has 11 aliphatic rings. The Balaban J connectivity index is -0.00000163. The Kier molecular flexibility index (Phi) is 50.4. The zero-order valence-electron chi connectivity index (χ0n) is 85.0. The van der Waals surface area contributed by atoms with E-state index in [2.05, 4.69) is 454 Å². The van der Waals surface area contributed by atoms with Gasteiger partial charge in [-0.3, -0.25) is 4.79 Å². The summed E-state index contributed by atoms with van der Waals surface area (Å²) in [7, 11) is 40.5. The average Bonchev–Trinajstić information content (AvgIpc) is 0.647. The predicted molar refractivity (Wildman–Crippen MR) is 625 cm³/mol. The normalized spacial score (nSPS) is 14.7. The molecule has 678 valence electrons. The molecular formula is C121H149B13O. The van der Waals surface area contributed by atoms with Crippen LogP contribution in [0, 0.1) is 101 Å². The van der Waals surface area contributed by atoms with Crippen LogP contribution in [0.25, 0.3) is 0 Å². The van der Waals surface area contributed by atoms with Crippen molar-refractivity contribution in [3.05, 3.63) is 281 Å². The number of terminal acetylenes is 8. The van der Waals surface area contributed by atoms with Crippen molar-refractivity contribution in [2.75, 3.05) is 0 Å². The van der Waals surface area contributed by atoms with Gasteiger partial charge in [0.05, 0.1) is 70.6 Å². The lowest BCUT2D eigenvalue weighted by atomic mass is 9.13. The van der Waals surface area contributed by atoms with Crippen LogP contribution in [0.1, 0.15) is 298 Å². The van der Waals surface area contributed by atoms with Crippen LogP contribution in [0.15, 0.2) is 170 Å². The monoisotopic (exact) mass is 1760 g/mol. The van der Waals surface area contributed by atoms with Gasteiger partial charge in [-0.2, -0.15) is 0 Å². The highest BCUT2D eigenvalue weighted by Gasteiger charge is 2.61. The van der Waals surface area contributed by atoms with Crippen molar-refractivity contribution >= 4 is 169 Å². The Bertz CT molecular complexity index is 5290. The summed E-state index contributed by atoms with van der Waals surface area (Å²) in [4.78, 5) is 13.5. The molecule has 0 saturated carbocycles. The summed E-state index contributed by atoms with van der Waals surface area (Å²) in [6.45, 7) is 64.9. The molecule has 10 aromatic carbocycles. The number of hydrogen-bond acceptors (Lipinski definition) is 1. The lowest BCUT2D eigenvalue weighted by Crippen LogP contribution is -2.84. The number of carbonyl (C=O) groups excluding carboxylic acids is 1. The summed E-state index contributed by atoms with van der Waals surface area (Å²) in [5, 5.41) is 0. The smallest absolute Gasteiger partial charge is 0.244 e. The van der Waals surface area contributed by atoms with E-state index >= 15 is 0 Å². The number of carbonyl (C=O) groups is 1. The number of ketones is 1. The number of hydrogen-bond donors (Lipinski definition) is 0. The molecule has 0 aliphatic carbocycles. The highest BCUT2D eigenvalue weighted by Crippen LogP contribution is 2.50. The molecule has 1 nitrogen and oxygen atoms in total. The Morgan fingerprint density at radius 1 is 0.185 bits per heavy atom. The van der Waals surface area contributed by atoms with E-state index in [9.17, 15) is 4.79 Å². The predicted octanol–water partition coefficient (Wildman–Crippen LogP) is 18.7. The van der Waals surface area contributed by atoms with E-state index in [-0.39, 0.29) is 90.9 Å². The van der Waals surface area contributed by atoms with E-state index in [1.807, 2.05) is 12.1 Å². The van der Waals surface area contributed by atoms with Crippen LogP contribution in [0.2, 0.25) is 61.4 Å².